The fourth-order valence-electron chi connectivity index (χ4n) is 2.89. The molecule has 0 saturated heterocycles. The fourth-order valence-corrected chi connectivity index (χ4v) is 3.10. The van der Waals surface area contributed by atoms with Crippen LogP contribution in [0.15, 0.2) is 36.4 Å². The van der Waals surface area contributed by atoms with Gasteiger partial charge in [0.2, 0.25) is 5.91 Å². The molecule has 1 amide bonds. The number of rotatable bonds is 5. The molecule has 3 rings (SSSR count). The van der Waals surface area contributed by atoms with E-state index in [2.05, 4.69) is 4.98 Å². The number of phenols is 1. The maximum Gasteiger partial charge on any atom is 0.221 e. The summed E-state index contributed by atoms with van der Waals surface area (Å²) in [6.45, 7) is 4.23. The number of amides is 1. The first-order chi connectivity index (χ1) is 12.4. The van der Waals surface area contributed by atoms with E-state index in [0.717, 1.165) is 33.3 Å². The van der Waals surface area contributed by atoms with Crippen LogP contribution >= 0.6 is 11.6 Å². The molecule has 0 unspecified atom stereocenters. The van der Waals surface area contributed by atoms with Crippen LogP contribution < -0.4 is 10.5 Å². The zero-order valence-corrected chi connectivity index (χ0v) is 15.3. The van der Waals surface area contributed by atoms with Crippen molar-refractivity contribution in [3.8, 4) is 22.8 Å². The summed E-state index contributed by atoms with van der Waals surface area (Å²) in [5.74, 6) is -0.119. The Labute approximate surface area is 156 Å². The van der Waals surface area contributed by atoms with E-state index >= 15 is 0 Å². The van der Waals surface area contributed by atoms with E-state index in [9.17, 15) is 9.90 Å². The third kappa shape index (κ3) is 3.58. The fraction of sp³-hybridized carbons (Fsp3) is 0.200. The quantitative estimate of drug-likeness (QED) is 0.710. The first-order valence-corrected chi connectivity index (χ1v) is 8.61. The molecule has 3 N–H and O–H groups in total. The second-order valence-corrected chi connectivity index (χ2v) is 6.46. The van der Waals surface area contributed by atoms with Crippen molar-refractivity contribution < 1.29 is 14.6 Å². The number of ether oxygens (including phenoxy) is 1. The predicted molar refractivity (Wildman–Crippen MR) is 103 cm³/mol. The second kappa shape index (κ2) is 7.22. The molecule has 0 saturated carbocycles. The van der Waals surface area contributed by atoms with Gasteiger partial charge in [0.15, 0.2) is 11.5 Å². The Bertz CT molecular complexity index is 1000. The number of benzene rings is 2. The van der Waals surface area contributed by atoms with Gasteiger partial charge in [0, 0.05) is 10.9 Å². The SMILES string of the molecule is CCOc1cc(-c2cc(C)c3cc(CC(N)=O)ccc3n2)cc(Cl)c1O. The molecule has 0 aliphatic heterocycles. The Morgan fingerprint density at radius 1 is 1.27 bits per heavy atom. The summed E-state index contributed by atoms with van der Waals surface area (Å²) in [7, 11) is 0. The highest BCUT2D eigenvalue weighted by Gasteiger charge is 2.13. The summed E-state index contributed by atoms with van der Waals surface area (Å²) < 4.78 is 5.44. The first-order valence-electron chi connectivity index (χ1n) is 8.23. The number of pyridine rings is 1. The number of aryl methyl sites for hydroxylation is 1. The van der Waals surface area contributed by atoms with Crippen molar-refractivity contribution in [2.24, 2.45) is 5.73 Å². The van der Waals surface area contributed by atoms with Gasteiger partial charge in [-0.05, 0) is 55.3 Å². The van der Waals surface area contributed by atoms with Crippen LogP contribution in [0.4, 0.5) is 0 Å². The summed E-state index contributed by atoms with van der Waals surface area (Å²) >= 11 is 6.13. The van der Waals surface area contributed by atoms with Crippen molar-refractivity contribution >= 4 is 28.4 Å². The number of nitrogens with zero attached hydrogens (tertiary/aromatic N) is 1. The van der Waals surface area contributed by atoms with Gasteiger partial charge in [-0.3, -0.25) is 4.79 Å². The van der Waals surface area contributed by atoms with Gasteiger partial charge in [0.25, 0.3) is 0 Å². The molecule has 0 aliphatic rings. The van der Waals surface area contributed by atoms with Crippen molar-refractivity contribution in [3.63, 3.8) is 0 Å². The van der Waals surface area contributed by atoms with E-state index in [1.807, 2.05) is 38.1 Å². The molecule has 0 radical (unpaired) electrons. The number of aromatic nitrogens is 1. The number of primary amides is 1. The molecule has 0 atom stereocenters. The Hall–Kier alpha value is -2.79. The molecule has 0 spiro atoms. The van der Waals surface area contributed by atoms with Gasteiger partial charge in [-0.15, -0.1) is 0 Å². The zero-order valence-electron chi connectivity index (χ0n) is 14.5. The van der Waals surface area contributed by atoms with Crippen molar-refractivity contribution in [1.82, 2.24) is 4.98 Å². The van der Waals surface area contributed by atoms with Gasteiger partial charge >= 0.3 is 0 Å². The zero-order chi connectivity index (χ0) is 18.8. The number of aromatic hydroxyl groups is 1. The standard InChI is InChI=1S/C20H19ClN2O3/c1-3-26-18-10-13(9-15(21)20(18)25)17-6-11(2)14-7-12(8-19(22)24)4-5-16(14)23-17/h4-7,9-10,25H,3,8H2,1-2H3,(H2,22,24). The number of hydrogen-bond acceptors (Lipinski definition) is 4. The van der Waals surface area contributed by atoms with E-state index in [1.165, 1.54) is 0 Å². The third-order valence-corrected chi connectivity index (χ3v) is 4.37. The number of halogens is 1. The minimum Gasteiger partial charge on any atom is -0.503 e. The van der Waals surface area contributed by atoms with Gasteiger partial charge in [-0.1, -0.05) is 17.7 Å². The number of phenolic OH excluding ortho intramolecular Hbond substituents is 1. The van der Waals surface area contributed by atoms with Crippen molar-refractivity contribution in [3.05, 3.63) is 52.5 Å². The minimum atomic E-state index is -0.367. The molecule has 5 nitrogen and oxygen atoms in total. The summed E-state index contributed by atoms with van der Waals surface area (Å²) in [6.07, 6.45) is 0.197. The molecular formula is C20H19ClN2O3. The molecular weight excluding hydrogens is 352 g/mol. The largest absolute Gasteiger partial charge is 0.503 e. The molecule has 2 aromatic carbocycles. The maximum absolute atomic E-state index is 11.1. The highest BCUT2D eigenvalue weighted by molar-refractivity contribution is 6.32. The van der Waals surface area contributed by atoms with E-state index in [0.29, 0.717) is 12.4 Å². The van der Waals surface area contributed by atoms with Crippen LogP contribution in [0.25, 0.3) is 22.2 Å². The molecule has 3 aromatic rings. The lowest BCUT2D eigenvalue weighted by Gasteiger charge is -2.12. The lowest BCUT2D eigenvalue weighted by atomic mass is 10.0. The second-order valence-electron chi connectivity index (χ2n) is 6.06. The topological polar surface area (TPSA) is 85.4 Å². The van der Waals surface area contributed by atoms with Gasteiger partial charge < -0.3 is 15.6 Å². The molecule has 134 valence electrons. The van der Waals surface area contributed by atoms with Gasteiger partial charge in [-0.2, -0.15) is 0 Å². The smallest absolute Gasteiger partial charge is 0.221 e. The number of carbonyl (C=O) groups is 1. The van der Waals surface area contributed by atoms with Crippen LogP contribution in [0.2, 0.25) is 5.02 Å². The van der Waals surface area contributed by atoms with Crippen LogP contribution in [-0.2, 0) is 11.2 Å². The van der Waals surface area contributed by atoms with E-state index in [4.69, 9.17) is 22.1 Å². The molecule has 1 heterocycles. The van der Waals surface area contributed by atoms with Gasteiger partial charge in [0.05, 0.1) is 29.3 Å². The Morgan fingerprint density at radius 3 is 2.73 bits per heavy atom. The lowest BCUT2D eigenvalue weighted by molar-refractivity contribution is -0.117. The summed E-state index contributed by atoms with van der Waals surface area (Å²) in [4.78, 5) is 15.8. The van der Waals surface area contributed by atoms with Gasteiger partial charge in [0.1, 0.15) is 0 Å². The number of nitrogens with two attached hydrogens (primary N) is 1. The third-order valence-electron chi connectivity index (χ3n) is 4.08. The van der Waals surface area contributed by atoms with E-state index < -0.39 is 0 Å². The average molecular weight is 371 g/mol. The van der Waals surface area contributed by atoms with E-state index in [1.54, 1.807) is 12.1 Å². The first kappa shape index (κ1) is 18.0. The molecule has 1 aromatic heterocycles. The highest BCUT2D eigenvalue weighted by Crippen LogP contribution is 2.38. The van der Waals surface area contributed by atoms with Crippen LogP contribution in [-0.4, -0.2) is 22.6 Å². The van der Waals surface area contributed by atoms with Crippen molar-refractivity contribution in [2.45, 2.75) is 20.3 Å². The van der Waals surface area contributed by atoms with Crippen LogP contribution in [0.5, 0.6) is 11.5 Å². The Kier molecular flexibility index (Phi) is 5.00. The minimum absolute atomic E-state index is 0.0779. The Balaban J connectivity index is 2.10. The Morgan fingerprint density at radius 2 is 2.04 bits per heavy atom. The summed E-state index contributed by atoms with van der Waals surface area (Å²) in [5, 5.41) is 11.2. The van der Waals surface area contributed by atoms with Crippen LogP contribution in [0.1, 0.15) is 18.1 Å². The number of hydrogen-bond donors (Lipinski definition) is 2. The van der Waals surface area contributed by atoms with E-state index in [-0.39, 0.29) is 23.1 Å². The average Bonchev–Trinajstić information content (AvgIpc) is 2.58. The van der Waals surface area contributed by atoms with Gasteiger partial charge in [-0.25, -0.2) is 4.98 Å². The monoisotopic (exact) mass is 370 g/mol. The summed E-state index contributed by atoms with van der Waals surface area (Å²) in [5.41, 5.74) is 9.42. The maximum atomic E-state index is 11.1. The lowest BCUT2D eigenvalue weighted by Crippen LogP contribution is -2.13. The number of carbonyl (C=O) groups excluding carboxylic acids is 1. The predicted octanol–water partition coefficient (Wildman–Crippen LogP) is 4.00. The normalized spacial score (nSPS) is 10.9. The number of fused-ring (bicyclic) bond motifs is 1. The van der Waals surface area contributed by atoms with Crippen molar-refractivity contribution in [2.75, 3.05) is 6.61 Å². The molecule has 0 aliphatic carbocycles. The van der Waals surface area contributed by atoms with Crippen LogP contribution in [0, 0.1) is 6.92 Å². The molecule has 26 heavy (non-hydrogen) atoms. The molecule has 0 fully saturated rings. The van der Waals surface area contributed by atoms with Crippen molar-refractivity contribution in [1.29, 1.82) is 0 Å². The summed E-state index contributed by atoms with van der Waals surface area (Å²) in [6, 6.07) is 11.0. The molecule has 0 bridgehead atoms. The highest BCUT2D eigenvalue weighted by atomic mass is 35.5. The molecule has 6 heteroatoms. The van der Waals surface area contributed by atoms with Crippen LogP contribution in [0.3, 0.4) is 0 Å².